The number of hydrogen-bond acceptors (Lipinski definition) is 3. The molecule has 0 aliphatic heterocycles. The maximum absolute atomic E-state index is 11.5. The average Bonchev–Trinajstić information content (AvgIpc) is 2.20. The Morgan fingerprint density at radius 2 is 1.81 bits per heavy atom. The molecular weight excluding hydrogens is 206 g/mol. The Kier molecular flexibility index (Phi) is 8.21. The summed E-state index contributed by atoms with van der Waals surface area (Å²) in [5.74, 6) is 0.104. The summed E-state index contributed by atoms with van der Waals surface area (Å²) in [6.07, 6.45) is 1.92. The van der Waals surface area contributed by atoms with Crippen molar-refractivity contribution in [3.05, 3.63) is 0 Å². The minimum Gasteiger partial charge on any atom is -0.382 e. The number of ether oxygens (including phenoxy) is 2. The lowest BCUT2D eigenvalue weighted by molar-refractivity contribution is -0.128. The Morgan fingerprint density at radius 1 is 1.12 bits per heavy atom. The molecular formula is C12H25NO3. The van der Waals surface area contributed by atoms with Crippen molar-refractivity contribution < 1.29 is 14.3 Å². The maximum Gasteiger partial charge on any atom is 0.225 e. The van der Waals surface area contributed by atoms with Crippen molar-refractivity contribution in [2.45, 2.75) is 33.6 Å². The fraction of sp³-hybridized carbons (Fsp3) is 0.917. The first-order valence-electron chi connectivity index (χ1n) is 5.83. The van der Waals surface area contributed by atoms with Crippen LogP contribution in [0.5, 0.6) is 0 Å². The summed E-state index contributed by atoms with van der Waals surface area (Å²) in [4.78, 5) is 11.5. The lowest BCUT2D eigenvalue weighted by atomic mass is 9.96. The van der Waals surface area contributed by atoms with E-state index in [2.05, 4.69) is 5.32 Å². The fourth-order valence-corrected chi connectivity index (χ4v) is 1.04. The van der Waals surface area contributed by atoms with E-state index < -0.39 is 0 Å². The van der Waals surface area contributed by atoms with Gasteiger partial charge >= 0.3 is 0 Å². The number of nitrogens with one attached hydrogen (secondary N) is 1. The van der Waals surface area contributed by atoms with E-state index in [0.717, 1.165) is 26.0 Å². The van der Waals surface area contributed by atoms with Gasteiger partial charge < -0.3 is 14.8 Å². The average molecular weight is 231 g/mol. The molecule has 1 amide bonds. The molecule has 0 aromatic rings. The highest BCUT2D eigenvalue weighted by Crippen LogP contribution is 2.12. The first kappa shape index (κ1) is 15.4. The highest BCUT2D eigenvalue weighted by Gasteiger charge is 2.19. The molecule has 16 heavy (non-hydrogen) atoms. The number of methoxy groups -OCH3 is 1. The van der Waals surface area contributed by atoms with Gasteiger partial charge in [-0.15, -0.1) is 0 Å². The third-order valence-electron chi connectivity index (χ3n) is 2.11. The first-order valence-corrected chi connectivity index (χ1v) is 5.83. The van der Waals surface area contributed by atoms with Crippen LogP contribution in [0.4, 0.5) is 0 Å². The zero-order valence-corrected chi connectivity index (χ0v) is 11.0. The second kappa shape index (κ2) is 8.53. The van der Waals surface area contributed by atoms with Gasteiger partial charge in [0.1, 0.15) is 0 Å². The number of carbonyl (C=O) groups excluding carboxylic acids is 1. The largest absolute Gasteiger partial charge is 0.382 e. The molecule has 1 N–H and O–H groups in total. The van der Waals surface area contributed by atoms with Crippen LogP contribution in [0.3, 0.4) is 0 Å². The van der Waals surface area contributed by atoms with E-state index >= 15 is 0 Å². The van der Waals surface area contributed by atoms with Gasteiger partial charge in [0.05, 0.1) is 13.2 Å². The van der Waals surface area contributed by atoms with Crippen LogP contribution in [0.2, 0.25) is 0 Å². The van der Waals surface area contributed by atoms with Gasteiger partial charge in [-0.25, -0.2) is 0 Å². The van der Waals surface area contributed by atoms with E-state index in [0.29, 0.717) is 13.2 Å². The smallest absolute Gasteiger partial charge is 0.225 e. The van der Waals surface area contributed by atoms with Crippen LogP contribution in [0, 0.1) is 5.41 Å². The molecule has 0 aromatic heterocycles. The molecule has 0 saturated carbocycles. The van der Waals surface area contributed by atoms with Crippen LogP contribution < -0.4 is 5.32 Å². The van der Waals surface area contributed by atoms with E-state index in [1.165, 1.54) is 0 Å². The zero-order chi connectivity index (χ0) is 12.4. The van der Waals surface area contributed by atoms with Crippen LogP contribution in [-0.4, -0.2) is 39.4 Å². The molecule has 0 saturated heterocycles. The molecule has 0 radical (unpaired) electrons. The summed E-state index contributed by atoms with van der Waals surface area (Å²) >= 11 is 0. The Labute approximate surface area is 98.7 Å². The van der Waals surface area contributed by atoms with Crippen molar-refractivity contribution in [1.29, 1.82) is 0 Å². The van der Waals surface area contributed by atoms with E-state index in [1.807, 2.05) is 20.8 Å². The molecule has 0 aliphatic rings. The van der Waals surface area contributed by atoms with Crippen molar-refractivity contribution in [1.82, 2.24) is 5.32 Å². The molecule has 4 heteroatoms. The third-order valence-corrected chi connectivity index (χ3v) is 2.11. The van der Waals surface area contributed by atoms with Gasteiger partial charge in [0, 0.05) is 25.7 Å². The van der Waals surface area contributed by atoms with Crippen LogP contribution in [0.1, 0.15) is 33.6 Å². The fourth-order valence-electron chi connectivity index (χ4n) is 1.04. The summed E-state index contributed by atoms with van der Waals surface area (Å²) in [5, 5.41) is 2.91. The van der Waals surface area contributed by atoms with E-state index in [4.69, 9.17) is 9.47 Å². The van der Waals surface area contributed by atoms with Gasteiger partial charge in [0.2, 0.25) is 5.91 Å². The highest BCUT2D eigenvalue weighted by atomic mass is 16.5. The molecule has 4 nitrogen and oxygen atoms in total. The Morgan fingerprint density at radius 3 is 2.38 bits per heavy atom. The monoisotopic (exact) mass is 231 g/mol. The SMILES string of the molecule is COCCOCCCCNC(=O)C(C)(C)C. The summed E-state index contributed by atoms with van der Waals surface area (Å²) in [6, 6.07) is 0. The van der Waals surface area contributed by atoms with Gasteiger partial charge in [0.15, 0.2) is 0 Å². The van der Waals surface area contributed by atoms with Gasteiger partial charge in [-0.05, 0) is 12.8 Å². The number of hydrogen-bond donors (Lipinski definition) is 1. The number of amides is 1. The molecule has 0 bridgehead atoms. The molecule has 0 aliphatic carbocycles. The topological polar surface area (TPSA) is 47.6 Å². The first-order chi connectivity index (χ1) is 7.48. The van der Waals surface area contributed by atoms with Crippen molar-refractivity contribution in [3.63, 3.8) is 0 Å². The van der Waals surface area contributed by atoms with Crippen molar-refractivity contribution in [2.24, 2.45) is 5.41 Å². The van der Waals surface area contributed by atoms with Crippen LogP contribution >= 0.6 is 0 Å². The van der Waals surface area contributed by atoms with Crippen LogP contribution in [0.15, 0.2) is 0 Å². The quantitative estimate of drug-likeness (QED) is 0.645. The van der Waals surface area contributed by atoms with Crippen LogP contribution in [0.25, 0.3) is 0 Å². The Hall–Kier alpha value is -0.610. The Bertz CT molecular complexity index is 187. The summed E-state index contributed by atoms with van der Waals surface area (Å²) in [7, 11) is 1.66. The van der Waals surface area contributed by atoms with E-state index in [9.17, 15) is 4.79 Å². The molecule has 0 fully saturated rings. The van der Waals surface area contributed by atoms with Crippen LogP contribution in [-0.2, 0) is 14.3 Å². The van der Waals surface area contributed by atoms with Crippen molar-refractivity contribution in [3.8, 4) is 0 Å². The molecule has 0 spiro atoms. The predicted octanol–water partition coefficient (Wildman–Crippen LogP) is 1.59. The zero-order valence-electron chi connectivity index (χ0n) is 11.0. The minimum absolute atomic E-state index is 0.104. The lowest BCUT2D eigenvalue weighted by Gasteiger charge is -2.17. The number of rotatable bonds is 8. The predicted molar refractivity (Wildman–Crippen MR) is 64.4 cm³/mol. The summed E-state index contributed by atoms with van der Waals surface area (Å²) < 4.78 is 10.2. The second-order valence-electron chi connectivity index (χ2n) is 4.82. The Balaban J connectivity index is 3.25. The van der Waals surface area contributed by atoms with E-state index in [1.54, 1.807) is 7.11 Å². The lowest BCUT2D eigenvalue weighted by Crippen LogP contribution is -2.35. The maximum atomic E-state index is 11.5. The molecule has 0 heterocycles. The minimum atomic E-state index is -0.297. The third kappa shape index (κ3) is 8.68. The summed E-state index contributed by atoms with van der Waals surface area (Å²) in [6.45, 7) is 8.48. The molecule has 0 atom stereocenters. The normalized spacial score (nSPS) is 11.5. The number of unbranched alkanes of at least 4 members (excludes halogenated alkanes) is 1. The van der Waals surface area contributed by atoms with E-state index in [-0.39, 0.29) is 11.3 Å². The second-order valence-corrected chi connectivity index (χ2v) is 4.82. The van der Waals surface area contributed by atoms with Crippen molar-refractivity contribution in [2.75, 3.05) is 33.5 Å². The van der Waals surface area contributed by atoms with Gasteiger partial charge in [-0.1, -0.05) is 20.8 Å². The van der Waals surface area contributed by atoms with Gasteiger partial charge in [-0.3, -0.25) is 4.79 Å². The molecule has 96 valence electrons. The highest BCUT2D eigenvalue weighted by molar-refractivity contribution is 5.81. The standard InChI is InChI=1S/C12H25NO3/c1-12(2,3)11(14)13-7-5-6-8-16-10-9-15-4/h5-10H2,1-4H3,(H,13,14). The molecule has 0 rings (SSSR count). The van der Waals surface area contributed by atoms with Gasteiger partial charge in [0.25, 0.3) is 0 Å². The van der Waals surface area contributed by atoms with Crippen molar-refractivity contribution >= 4 is 5.91 Å². The summed E-state index contributed by atoms with van der Waals surface area (Å²) in [5.41, 5.74) is -0.297. The van der Waals surface area contributed by atoms with Gasteiger partial charge in [-0.2, -0.15) is 0 Å². The number of carbonyl (C=O) groups is 1. The molecule has 0 aromatic carbocycles. The molecule has 0 unspecified atom stereocenters.